The predicted molar refractivity (Wildman–Crippen MR) is 85.5 cm³/mol. The van der Waals surface area contributed by atoms with Gasteiger partial charge in [0.2, 0.25) is 5.91 Å². The van der Waals surface area contributed by atoms with Gasteiger partial charge in [-0.05, 0) is 44.4 Å². The van der Waals surface area contributed by atoms with E-state index >= 15 is 0 Å². The van der Waals surface area contributed by atoms with Crippen molar-refractivity contribution in [1.82, 2.24) is 10.2 Å². The van der Waals surface area contributed by atoms with Gasteiger partial charge in [0, 0.05) is 31.6 Å². The normalized spacial score (nSPS) is 29.1. The Morgan fingerprint density at radius 1 is 1.20 bits per heavy atom. The summed E-state index contributed by atoms with van der Waals surface area (Å²) in [7, 11) is 0. The Labute approximate surface area is 127 Å². The number of thiocarbonyl (C=S) groups is 1. The first-order chi connectivity index (χ1) is 9.54. The van der Waals surface area contributed by atoms with Gasteiger partial charge >= 0.3 is 0 Å². The van der Waals surface area contributed by atoms with Gasteiger partial charge in [0.05, 0.1) is 4.99 Å². The van der Waals surface area contributed by atoms with Gasteiger partial charge in [0.25, 0.3) is 0 Å². The summed E-state index contributed by atoms with van der Waals surface area (Å²) >= 11 is 4.94. The van der Waals surface area contributed by atoms with Crippen molar-refractivity contribution >= 4 is 23.1 Å². The summed E-state index contributed by atoms with van der Waals surface area (Å²) in [6, 6.07) is 0.337. The summed E-state index contributed by atoms with van der Waals surface area (Å²) in [6.45, 7) is 4.94. The van der Waals surface area contributed by atoms with E-state index in [0.717, 1.165) is 44.7 Å². The number of nitrogens with one attached hydrogen (secondary N) is 1. The third kappa shape index (κ3) is 4.70. The molecule has 1 saturated heterocycles. The van der Waals surface area contributed by atoms with Crippen molar-refractivity contribution < 1.29 is 4.79 Å². The number of amides is 1. The molecule has 5 heteroatoms. The molecule has 1 saturated carbocycles. The lowest BCUT2D eigenvalue weighted by molar-refractivity contribution is -0.127. The zero-order valence-electron chi connectivity index (χ0n) is 12.4. The van der Waals surface area contributed by atoms with Crippen LogP contribution in [0.25, 0.3) is 0 Å². The number of carbonyl (C=O) groups is 1. The zero-order chi connectivity index (χ0) is 14.5. The first kappa shape index (κ1) is 15.7. The second kappa shape index (κ2) is 7.36. The SMILES string of the molecule is CC1CCC(C(=O)NC2CCN(CC(N)=S)CC2)CC1. The Kier molecular flexibility index (Phi) is 5.78. The fourth-order valence-corrected chi connectivity index (χ4v) is 3.48. The van der Waals surface area contributed by atoms with Gasteiger partial charge in [-0.25, -0.2) is 0 Å². The summed E-state index contributed by atoms with van der Waals surface area (Å²) in [4.78, 5) is 15.1. The van der Waals surface area contributed by atoms with Crippen molar-refractivity contribution in [2.24, 2.45) is 17.6 Å². The molecule has 2 rings (SSSR count). The molecular formula is C15H27N3OS. The number of carbonyl (C=O) groups excluding carboxylic acids is 1. The van der Waals surface area contributed by atoms with Crippen molar-refractivity contribution in [1.29, 1.82) is 0 Å². The molecule has 0 bridgehead atoms. The highest BCUT2D eigenvalue weighted by molar-refractivity contribution is 7.80. The molecule has 0 unspecified atom stereocenters. The second-order valence-corrected chi connectivity index (χ2v) is 7.01. The lowest BCUT2D eigenvalue weighted by Gasteiger charge is -2.33. The smallest absolute Gasteiger partial charge is 0.223 e. The summed E-state index contributed by atoms with van der Waals surface area (Å²) < 4.78 is 0. The minimum atomic E-state index is 0.251. The molecule has 0 atom stereocenters. The first-order valence-electron chi connectivity index (χ1n) is 7.85. The maximum absolute atomic E-state index is 12.3. The fraction of sp³-hybridized carbons (Fsp3) is 0.867. The summed E-state index contributed by atoms with van der Waals surface area (Å²) in [5, 5.41) is 3.25. The van der Waals surface area contributed by atoms with E-state index < -0.39 is 0 Å². The predicted octanol–water partition coefficient (Wildman–Crippen LogP) is 1.68. The standard InChI is InChI=1S/C15H27N3OS/c1-11-2-4-12(5-3-11)15(19)17-13-6-8-18(9-7-13)10-14(16)20/h11-13H,2-10H2,1H3,(H2,16,20)(H,17,19). The average Bonchev–Trinajstić information content (AvgIpc) is 2.41. The topological polar surface area (TPSA) is 58.4 Å². The van der Waals surface area contributed by atoms with E-state index in [4.69, 9.17) is 18.0 Å². The van der Waals surface area contributed by atoms with Gasteiger partial charge in [-0.3, -0.25) is 9.69 Å². The molecule has 0 aromatic carbocycles. The number of likely N-dealkylation sites (tertiary alicyclic amines) is 1. The molecular weight excluding hydrogens is 270 g/mol. The van der Waals surface area contributed by atoms with E-state index in [0.29, 0.717) is 17.6 Å². The largest absolute Gasteiger partial charge is 0.392 e. The van der Waals surface area contributed by atoms with E-state index in [1.54, 1.807) is 0 Å². The Bertz CT molecular complexity index is 345. The quantitative estimate of drug-likeness (QED) is 0.775. The highest BCUT2D eigenvalue weighted by Gasteiger charge is 2.27. The third-order valence-electron chi connectivity index (χ3n) is 4.70. The summed E-state index contributed by atoms with van der Waals surface area (Å²) in [5.74, 6) is 1.33. The van der Waals surface area contributed by atoms with Crippen LogP contribution in [0, 0.1) is 11.8 Å². The molecule has 1 aliphatic heterocycles. The van der Waals surface area contributed by atoms with Crippen molar-refractivity contribution in [3.63, 3.8) is 0 Å². The van der Waals surface area contributed by atoms with E-state index in [-0.39, 0.29) is 11.8 Å². The number of nitrogens with two attached hydrogens (primary N) is 1. The van der Waals surface area contributed by atoms with Crippen LogP contribution in [0.4, 0.5) is 0 Å². The Hall–Kier alpha value is -0.680. The number of hydrogen-bond acceptors (Lipinski definition) is 3. The minimum absolute atomic E-state index is 0.251. The highest BCUT2D eigenvalue weighted by Crippen LogP contribution is 2.28. The van der Waals surface area contributed by atoms with E-state index in [1.165, 1.54) is 12.8 Å². The van der Waals surface area contributed by atoms with Crippen LogP contribution < -0.4 is 11.1 Å². The van der Waals surface area contributed by atoms with Gasteiger partial charge < -0.3 is 11.1 Å². The Morgan fingerprint density at radius 3 is 2.35 bits per heavy atom. The van der Waals surface area contributed by atoms with Crippen LogP contribution in [0.1, 0.15) is 45.4 Å². The van der Waals surface area contributed by atoms with Crippen molar-refractivity contribution in [2.45, 2.75) is 51.5 Å². The molecule has 0 aromatic rings. The molecule has 0 spiro atoms. The molecule has 4 nitrogen and oxygen atoms in total. The lowest BCUT2D eigenvalue weighted by atomic mass is 9.82. The van der Waals surface area contributed by atoms with Crippen LogP contribution >= 0.6 is 12.2 Å². The molecule has 0 aromatic heterocycles. The molecule has 114 valence electrons. The van der Waals surface area contributed by atoms with E-state index in [1.807, 2.05) is 0 Å². The summed E-state index contributed by atoms with van der Waals surface area (Å²) in [5.41, 5.74) is 5.57. The van der Waals surface area contributed by atoms with Gasteiger partial charge in [-0.1, -0.05) is 19.1 Å². The van der Waals surface area contributed by atoms with Crippen molar-refractivity contribution in [3.8, 4) is 0 Å². The molecule has 20 heavy (non-hydrogen) atoms. The van der Waals surface area contributed by atoms with Crippen LogP contribution in [0.15, 0.2) is 0 Å². The van der Waals surface area contributed by atoms with Gasteiger partial charge in [-0.2, -0.15) is 0 Å². The van der Waals surface area contributed by atoms with E-state index in [9.17, 15) is 4.79 Å². The zero-order valence-corrected chi connectivity index (χ0v) is 13.3. The summed E-state index contributed by atoms with van der Waals surface area (Å²) in [6.07, 6.45) is 6.55. The Morgan fingerprint density at radius 2 is 1.80 bits per heavy atom. The molecule has 3 N–H and O–H groups in total. The molecule has 1 amide bonds. The molecule has 1 aliphatic carbocycles. The fourth-order valence-electron chi connectivity index (χ4n) is 3.30. The second-order valence-electron chi connectivity index (χ2n) is 6.48. The van der Waals surface area contributed by atoms with Crippen molar-refractivity contribution in [2.75, 3.05) is 19.6 Å². The average molecular weight is 297 g/mol. The van der Waals surface area contributed by atoms with E-state index in [2.05, 4.69) is 17.1 Å². The molecule has 1 heterocycles. The lowest BCUT2D eigenvalue weighted by Crippen LogP contribution is -2.48. The molecule has 2 fully saturated rings. The van der Waals surface area contributed by atoms with Gasteiger partial charge in [0.15, 0.2) is 0 Å². The van der Waals surface area contributed by atoms with Crippen LogP contribution in [-0.4, -0.2) is 41.5 Å². The highest BCUT2D eigenvalue weighted by atomic mass is 32.1. The van der Waals surface area contributed by atoms with Gasteiger partial charge in [-0.15, -0.1) is 0 Å². The molecule has 0 radical (unpaired) electrons. The number of rotatable bonds is 4. The number of nitrogens with zero attached hydrogens (tertiary/aromatic N) is 1. The molecule has 2 aliphatic rings. The van der Waals surface area contributed by atoms with Crippen LogP contribution in [0.2, 0.25) is 0 Å². The minimum Gasteiger partial charge on any atom is -0.392 e. The van der Waals surface area contributed by atoms with Crippen LogP contribution in [0.5, 0.6) is 0 Å². The monoisotopic (exact) mass is 297 g/mol. The Balaban J connectivity index is 1.69. The van der Waals surface area contributed by atoms with Crippen LogP contribution in [-0.2, 0) is 4.79 Å². The van der Waals surface area contributed by atoms with Crippen molar-refractivity contribution in [3.05, 3.63) is 0 Å². The maximum atomic E-state index is 12.3. The third-order valence-corrected chi connectivity index (χ3v) is 4.83. The number of piperidine rings is 1. The first-order valence-corrected chi connectivity index (χ1v) is 8.26. The van der Waals surface area contributed by atoms with Gasteiger partial charge in [0.1, 0.15) is 0 Å². The van der Waals surface area contributed by atoms with Crippen LogP contribution in [0.3, 0.4) is 0 Å². The maximum Gasteiger partial charge on any atom is 0.223 e. The number of hydrogen-bond donors (Lipinski definition) is 2.